The minimum Gasteiger partial charge on any atom is -0.393 e. The fraction of sp³-hybridized carbons (Fsp3) is 0.917. The van der Waals surface area contributed by atoms with Gasteiger partial charge in [0.15, 0.2) is 0 Å². The van der Waals surface area contributed by atoms with Crippen LogP contribution in [-0.4, -0.2) is 29.7 Å². The predicted octanol–water partition coefficient (Wildman–Crippen LogP) is 0.391. The Balaban J connectivity index is 1.63. The third kappa shape index (κ3) is 3.19. The van der Waals surface area contributed by atoms with Gasteiger partial charge in [-0.25, -0.2) is 0 Å². The summed E-state index contributed by atoms with van der Waals surface area (Å²) in [7, 11) is 0. The lowest BCUT2D eigenvalue weighted by Crippen LogP contribution is -2.36. The van der Waals surface area contributed by atoms with Crippen molar-refractivity contribution in [3.05, 3.63) is 0 Å². The van der Waals surface area contributed by atoms with E-state index in [0.29, 0.717) is 18.9 Å². The van der Waals surface area contributed by atoms with Crippen LogP contribution in [0.5, 0.6) is 0 Å². The van der Waals surface area contributed by atoms with Crippen molar-refractivity contribution >= 4 is 5.91 Å². The van der Waals surface area contributed by atoms with Crippen molar-refractivity contribution in [3.63, 3.8) is 0 Å². The Bertz CT molecular complexity index is 253. The van der Waals surface area contributed by atoms with E-state index in [-0.39, 0.29) is 24.0 Å². The third-order valence-corrected chi connectivity index (χ3v) is 3.83. The molecule has 2 rings (SSSR count). The highest BCUT2D eigenvalue weighted by atomic mass is 16.3. The number of nitrogens with one attached hydrogen (secondary N) is 1. The van der Waals surface area contributed by atoms with Crippen LogP contribution in [0.4, 0.5) is 0 Å². The number of aliphatic hydroxyl groups is 1. The summed E-state index contributed by atoms with van der Waals surface area (Å²) in [6, 6.07) is 0.0356. The number of hydrogen-bond donors (Lipinski definition) is 3. The van der Waals surface area contributed by atoms with Crippen molar-refractivity contribution in [3.8, 4) is 0 Å². The van der Waals surface area contributed by atoms with E-state index in [4.69, 9.17) is 5.73 Å². The van der Waals surface area contributed by atoms with Gasteiger partial charge in [0, 0.05) is 24.9 Å². The molecule has 1 amide bonds. The number of hydrogen-bond acceptors (Lipinski definition) is 3. The number of rotatable bonds is 5. The zero-order valence-electron chi connectivity index (χ0n) is 9.69. The maximum atomic E-state index is 11.6. The van der Waals surface area contributed by atoms with Crippen LogP contribution in [-0.2, 0) is 4.79 Å². The van der Waals surface area contributed by atoms with Crippen LogP contribution in [0.2, 0.25) is 0 Å². The van der Waals surface area contributed by atoms with Crippen molar-refractivity contribution in [2.24, 2.45) is 17.6 Å². The van der Waals surface area contributed by atoms with Crippen LogP contribution < -0.4 is 11.1 Å². The number of carbonyl (C=O) groups excluding carboxylic acids is 1. The molecule has 2 aliphatic carbocycles. The third-order valence-electron chi connectivity index (χ3n) is 3.83. The number of amides is 1. The predicted molar refractivity (Wildman–Crippen MR) is 61.7 cm³/mol. The van der Waals surface area contributed by atoms with Crippen LogP contribution >= 0.6 is 0 Å². The van der Waals surface area contributed by atoms with Gasteiger partial charge in [0.05, 0.1) is 6.10 Å². The molecule has 0 saturated heterocycles. The summed E-state index contributed by atoms with van der Waals surface area (Å²) in [6.45, 7) is 0.609. The molecule has 2 aliphatic rings. The number of carbonyl (C=O) groups is 1. The van der Waals surface area contributed by atoms with E-state index < -0.39 is 0 Å². The fourth-order valence-corrected chi connectivity index (χ4v) is 2.48. The van der Waals surface area contributed by atoms with Gasteiger partial charge in [-0.1, -0.05) is 6.42 Å². The molecule has 0 aromatic rings. The number of nitrogens with two attached hydrogens (primary N) is 1. The first kappa shape index (κ1) is 11.9. The molecule has 4 nitrogen and oxygen atoms in total. The normalized spacial score (nSPS) is 31.4. The molecular weight excluding hydrogens is 204 g/mol. The summed E-state index contributed by atoms with van der Waals surface area (Å²) >= 11 is 0. The Hall–Kier alpha value is -0.610. The first-order chi connectivity index (χ1) is 7.66. The first-order valence-corrected chi connectivity index (χ1v) is 6.37. The van der Waals surface area contributed by atoms with Gasteiger partial charge in [-0.2, -0.15) is 0 Å². The molecule has 92 valence electrons. The highest BCUT2D eigenvalue weighted by Crippen LogP contribution is 2.32. The SMILES string of the molecule is NC(CC(=O)NCC1CCCC1O)C1CC1. The molecule has 0 heterocycles. The lowest BCUT2D eigenvalue weighted by Gasteiger charge is -2.16. The lowest BCUT2D eigenvalue weighted by atomic mass is 10.1. The van der Waals surface area contributed by atoms with E-state index in [2.05, 4.69) is 5.32 Å². The number of aliphatic hydroxyl groups excluding tert-OH is 1. The van der Waals surface area contributed by atoms with Crippen LogP contribution in [0.25, 0.3) is 0 Å². The van der Waals surface area contributed by atoms with Gasteiger partial charge in [0.2, 0.25) is 5.91 Å². The van der Waals surface area contributed by atoms with Crippen LogP contribution in [0, 0.1) is 11.8 Å². The molecule has 16 heavy (non-hydrogen) atoms. The minimum atomic E-state index is -0.225. The Kier molecular flexibility index (Phi) is 3.82. The largest absolute Gasteiger partial charge is 0.393 e. The molecule has 3 atom stereocenters. The smallest absolute Gasteiger partial charge is 0.221 e. The average molecular weight is 226 g/mol. The van der Waals surface area contributed by atoms with E-state index in [1.165, 1.54) is 12.8 Å². The molecular formula is C12H22N2O2. The van der Waals surface area contributed by atoms with E-state index in [0.717, 1.165) is 19.3 Å². The van der Waals surface area contributed by atoms with Crippen molar-refractivity contribution in [2.75, 3.05) is 6.54 Å². The second-order valence-corrected chi connectivity index (χ2v) is 5.27. The van der Waals surface area contributed by atoms with E-state index in [9.17, 15) is 9.90 Å². The average Bonchev–Trinajstić information content (AvgIpc) is 3.00. The summed E-state index contributed by atoms with van der Waals surface area (Å²) in [5.41, 5.74) is 5.88. The highest BCUT2D eigenvalue weighted by molar-refractivity contribution is 5.76. The molecule has 3 unspecified atom stereocenters. The van der Waals surface area contributed by atoms with Crippen molar-refractivity contribution < 1.29 is 9.90 Å². The Labute approximate surface area is 96.6 Å². The van der Waals surface area contributed by atoms with Gasteiger partial charge in [-0.15, -0.1) is 0 Å². The van der Waals surface area contributed by atoms with Gasteiger partial charge in [0.1, 0.15) is 0 Å². The van der Waals surface area contributed by atoms with Crippen LogP contribution in [0.1, 0.15) is 38.5 Å². The molecule has 0 radical (unpaired) electrons. The molecule has 4 N–H and O–H groups in total. The first-order valence-electron chi connectivity index (χ1n) is 6.37. The maximum Gasteiger partial charge on any atom is 0.221 e. The summed E-state index contributed by atoms with van der Waals surface area (Å²) < 4.78 is 0. The van der Waals surface area contributed by atoms with Gasteiger partial charge < -0.3 is 16.2 Å². The van der Waals surface area contributed by atoms with Gasteiger partial charge in [-0.05, 0) is 31.6 Å². The monoisotopic (exact) mass is 226 g/mol. The molecule has 2 fully saturated rings. The topological polar surface area (TPSA) is 75.4 Å². The molecule has 0 aromatic heterocycles. The Morgan fingerprint density at radius 2 is 2.12 bits per heavy atom. The van der Waals surface area contributed by atoms with Crippen molar-refractivity contribution in [2.45, 2.75) is 50.7 Å². The Morgan fingerprint density at radius 1 is 1.38 bits per heavy atom. The van der Waals surface area contributed by atoms with Gasteiger partial charge in [0.25, 0.3) is 0 Å². The summed E-state index contributed by atoms with van der Waals surface area (Å²) in [4.78, 5) is 11.6. The molecule has 0 bridgehead atoms. The highest BCUT2D eigenvalue weighted by Gasteiger charge is 2.30. The van der Waals surface area contributed by atoms with E-state index in [1.54, 1.807) is 0 Å². The van der Waals surface area contributed by atoms with Crippen LogP contribution in [0.15, 0.2) is 0 Å². The molecule has 0 aliphatic heterocycles. The minimum absolute atomic E-state index is 0.0356. The molecule has 4 heteroatoms. The summed E-state index contributed by atoms with van der Waals surface area (Å²) in [5, 5.41) is 12.5. The van der Waals surface area contributed by atoms with E-state index in [1.807, 2.05) is 0 Å². The standard InChI is InChI=1S/C12H22N2O2/c13-10(8-4-5-8)6-12(16)14-7-9-2-1-3-11(9)15/h8-11,15H,1-7,13H2,(H,14,16). The van der Waals surface area contributed by atoms with Crippen molar-refractivity contribution in [1.29, 1.82) is 0 Å². The van der Waals surface area contributed by atoms with Crippen molar-refractivity contribution in [1.82, 2.24) is 5.32 Å². The zero-order chi connectivity index (χ0) is 11.5. The maximum absolute atomic E-state index is 11.6. The molecule has 2 saturated carbocycles. The second kappa shape index (κ2) is 5.15. The fourth-order valence-electron chi connectivity index (χ4n) is 2.48. The summed E-state index contributed by atoms with van der Waals surface area (Å²) in [6.07, 6.45) is 5.54. The van der Waals surface area contributed by atoms with E-state index >= 15 is 0 Å². The van der Waals surface area contributed by atoms with Gasteiger partial charge in [-0.3, -0.25) is 4.79 Å². The lowest BCUT2D eigenvalue weighted by molar-refractivity contribution is -0.121. The van der Waals surface area contributed by atoms with Crippen LogP contribution in [0.3, 0.4) is 0 Å². The zero-order valence-corrected chi connectivity index (χ0v) is 9.69. The molecule has 0 aromatic carbocycles. The molecule has 0 spiro atoms. The van der Waals surface area contributed by atoms with Gasteiger partial charge >= 0.3 is 0 Å². The summed E-state index contributed by atoms with van der Waals surface area (Å²) in [5.74, 6) is 0.863. The Morgan fingerprint density at radius 3 is 2.69 bits per heavy atom. The quantitative estimate of drug-likeness (QED) is 0.635. The second-order valence-electron chi connectivity index (χ2n) is 5.27.